The fraction of sp³-hybridized carbons (Fsp3) is 0.952. The molecule has 1 aliphatic rings. The van der Waals surface area contributed by atoms with Crippen molar-refractivity contribution in [3.05, 3.63) is 6.92 Å². The highest BCUT2D eigenvalue weighted by Crippen LogP contribution is 2.44. The molecule has 0 N–H and O–H groups in total. The number of unbranched alkanes of at least 4 members (excludes halogenated alkanes) is 10. The van der Waals surface area contributed by atoms with E-state index in [1.165, 1.54) is 83.5 Å². The van der Waals surface area contributed by atoms with Crippen LogP contribution in [-0.4, -0.2) is 11.7 Å². The molecular weight excluding hydrogens is 268 g/mol. The zero-order valence-electron chi connectivity index (χ0n) is 15.7. The number of ether oxygens (including phenoxy) is 1. The van der Waals surface area contributed by atoms with E-state index < -0.39 is 0 Å². The van der Waals surface area contributed by atoms with Gasteiger partial charge < -0.3 is 4.74 Å². The first-order valence-electron chi connectivity index (χ1n) is 10.1. The van der Waals surface area contributed by atoms with E-state index >= 15 is 0 Å². The lowest BCUT2D eigenvalue weighted by Gasteiger charge is -2.52. The molecule has 1 aliphatic heterocycles. The average Bonchev–Trinajstić information content (AvgIpc) is 2.48. The minimum absolute atomic E-state index is 0.141. The number of hydrogen-bond donors (Lipinski definition) is 0. The van der Waals surface area contributed by atoms with Crippen molar-refractivity contribution in [3.63, 3.8) is 0 Å². The Balaban J connectivity index is 2.08. The summed E-state index contributed by atoms with van der Waals surface area (Å²) in [6.45, 7) is 10.8. The largest absolute Gasteiger partial charge is 0.372 e. The summed E-state index contributed by atoms with van der Waals surface area (Å²) in [5, 5.41) is 0. The fourth-order valence-electron chi connectivity index (χ4n) is 3.93. The third kappa shape index (κ3) is 7.49. The van der Waals surface area contributed by atoms with Crippen LogP contribution in [0, 0.1) is 12.8 Å². The summed E-state index contributed by atoms with van der Waals surface area (Å²) in [7, 11) is 0. The van der Waals surface area contributed by atoms with Crippen molar-refractivity contribution < 1.29 is 4.74 Å². The van der Waals surface area contributed by atoms with E-state index in [4.69, 9.17) is 4.74 Å². The van der Waals surface area contributed by atoms with Crippen molar-refractivity contribution in [2.75, 3.05) is 0 Å². The van der Waals surface area contributed by atoms with Crippen molar-refractivity contribution in [1.82, 2.24) is 0 Å². The molecule has 0 amide bonds. The second-order valence-electron chi connectivity index (χ2n) is 7.83. The van der Waals surface area contributed by atoms with Gasteiger partial charge in [0.2, 0.25) is 0 Å². The molecule has 0 spiro atoms. The molecule has 1 rings (SSSR count). The molecule has 2 unspecified atom stereocenters. The zero-order chi connectivity index (χ0) is 16.3. The first-order chi connectivity index (χ1) is 10.6. The summed E-state index contributed by atoms with van der Waals surface area (Å²) in [4.78, 5) is 0. The minimum Gasteiger partial charge on any atom is -0.372 e. The van der Waals surface area contributed by atoms with E-state index in [2.05, 4.69) is 27.7 Å². The summed E-state index contributed by atoms with van der Waals surface area (Å²) < 4.78 is 6.15. The van der Waals surface area contributed by atoms with Crippen LogP contribution in [0.3, 0.4) is 0 Å². The fourth-order valence-corrected chi connectivity index (χ4v) is 3.93. The van der Waals surface area contributed by atoms with E-state index in [0.29, 0.717) is 6.10 Å². The molecule has 1 radical (unpaired) electrons. The molecule has 0 aliphatic carbocycles. The van der Waals surface area contributed by atoms with Crippen LogP contribution in [0.2, 0.25) is 0 Å². The van der Waals surface area contributed by atoms with Gasteiger partial charge in [0.1, 0.15) is 0 Å². The van der Waals surface area contributed by atoms with Gasteiger partial charge in [0.25, 0.3) is 0 Å². The lowest BCUT2D eigenvalue weighted by molar-refractivity contribution is -0.246. The van der Waals surface area contributed by atoms with Gasteiger partial charge in [0.15, 0.2) is 0 Å². The van der Waals surface area contributed by atoms with Gasteiger partial charge in [-0.05, 0) is 26.7 Å². The summed E-state index contributed by atoms with van der Waals surface area (Å²) >= 11 is 0. The molecule has 1 heterocycles. The van der Waals surface area contributed by atoms with Gasteiger partial charge in [-0.3, -0.25) is 0 Å². The van der Waals surface area contributed by atoms with Crippen molar-refractivity contribution in [2.45, 2.75) is 122 Å². The van der Waals surface area contributed by atoms with E-state index in [1.54, 1.807) is 0 Å². The molecule has 0 aromatic carbocycles. The zero-order valence-corrected chi connectivity index (χ0v) is 15.7. The van der Waals surface area contributed by atoms with Crippen LogP contribution < -0.4 is 0 Å². The molecule has 1 heteroatoms. The Labute approximate surface area is 140 Å². The quantitative estimate of drug-likeness (QED) is 0.311. The predicted molar refractivity (Wildman–Crippen MR) is 98.1 cm³/mol. The van der Waals surface area contributed by atoms with Crippen molar-refractivity contribution in [2.24, 2.45) is 5.92 Å². The van der Waals surface area contributed by atoms with Gasteiger partial charge in [0, 0.05) is 5.92 Å². The van der Waals surface area contributed by atoms with Gasteiger partial charge in [-0.25, -0.2) is 0 Å². The van der Waals surface area contributed by atoms with Crippen LogP contribution in [0.25, 0.3) is 0 Å². The van der Waals surface area contributed by atoms with E-state index in [1.807, 2.05) is 0 Å². The summed E-state index contributed by atoms with van der Waals surface area (Å²) in [6.07, 6.45) is 19.5. The van der Waals surface area contributed by atoms with Crippen molar-refractivity contribution in [3.8, 4) is 0 Å². The second kappa shape index (κ2) is 11.5. The minimum atomic E-state index is 0.141. The number of rotatable bonds is 14. The summed E-state index contributed by atoms with van der Waals surface area (Å²) in [6, 6.07) is 0. The molecule has 131 valence electrons. The first kappa shape index (κ1) is 20.0. The normalized spacial score (nSPS) is 23.5. The molecule has 0 aromatic heterocycles. The van der Waals surface area contributed by atoms with Crippen LogP contribution in [0.1, 0.15) is 111 Å². The Morgan fingerprint density at radius 1 is 0.773 bits per heavy atom. The third-order valence-electron chi connectivity index (χ3n) is 5.40. The summed E-state index contributed by atoms with van der Waals surface area (Å²) in [5.41, 5.74) is 0.141. The molecular formula is C21H41O. The van der Waals surface area contributed by atoms with E-state index in [0.717, 1.165) is 12.3 Å². The van der Waals surface area contributed by atoms with Gasteiger partial charge in [-0.1, -0.05) is 90.9 Å². The maximum atomic E-state index is 6.15. The van der Waals surface area contributed by atoms with Crippen LogP contribution in [0.5, 0.6) is 0 Å². The Morgan fingerprint density at radius 3 is 1.91 bits per heavy atom. The monoisotopic (exact) mass is 309 g/mol. The van der Waals surface area contributed by atoms with Gasteiger partial charge in [0.05, 0.1) is 11.7 Å². The molecule has 0 bridgehead atoms. The molecule has 1 fully saturated rings. The first-order valence-corrected chi connectivity index (χ1v) is 10.1. The Hall–Kier alpha value is -0.0400. The Bertz CT molecular complexity index is 259. The highest BCUT2D eigenvalue weighted by molar-refractivity contribution is 4.95. The predicted octanol–water partition coefficient (Wildman–Crippen LogP) is 7.10. The molecule has 22 heavy (non-hydrogen) atoms. The second-order valence-corrected chi connectivity index (χ2v) is 7.83. The van der Waals surface area contributed by atoms with Crippen LogP contribution in [-0.2, 0) is 4.74 Å². The smallest absolute Gasteiger partial charge is 0.0683 e. The SMILES string of the molecule is [CH2]CCCCCCCC1OC(C)(C)C1CCCCCCCC. The van der Waals surface area contributed by atoms with E-state index in [-0.39, 0.29) is 5.60 Å². The van der Waals surface area contributed by atoms with Crippen LogP contribution in [0.4, 0.5) is 0 Å². The number of hydrogen-bond acceptors (Lipinski definition) is 1. The lowest BCUT2D eigenvalue weighted by Crippen LogP contribution is -2.56. The van der Waals surface area contributed by atoms with E-state index in [9.17, 15) is 0 Å². The van der Waals surface area contributed by atoms with Gasteiger partial charge in [-0.15, -0.1) is 0 Å². The van der Waals surface area contributed by atoms with Gasteiger partial charge >= 0.3 is 0 Å². The summed E-state index contributed by atoms with van der Waals surface area (Å²) in [5.74, 6) is 0.804. The topological polar surface area (TPSA) is 9.23 Å². The maximum absolute atomic E-state index is 6.15. The Morgan fingerprint density at radius 2 is 1.32 bits per heavy atom. The standard InChI is InChI=1S/C21H41O/c1-5-7-9-11-13-15-17-19-20(22-21(19,3)4)18-16-14-12-10-8-6-2/h19-20H,2,5-18H2,1,3-4H3. The highest BCUT2D eigenvalue weighted by atomic mass is 16.5. The average molecular weight is 310 g/mol. The molecule has 0 saturated carbocycles. The van der Waals surface area contributed by atoms with Crippen molar-refractivity contribution in [1.29, 1.82) is 0 Å². The molecule has 0 aromatic rings. The van der Waals surface area contributed by atoms with Crippen molar-refractivity contribution >= 4 is 0 Å². The van der Waals surface area contributed by atoms with Crippen LogP contribution >= 0.6 is 0 Å². The molecule has 1 nitrogen and oxygen atoms in total. The Kier molecular flexibility index (Phi) is 10.4. The van der Waals surface area contributed by atoms with Gasteiger partial charge in [-0.2, -0.15) is 0 Å². The lowest BCUT2D eigenvalue weighted by atomic mass is 9.74. The highest BCUT2D eigenvalue weighted by Gasteiger charge is 2.47. The maximum Gasteiger partial charge on any atom is 0.0683 e. The molecule has 2 atom stereocenters. The molecule has 1 saturated heterocycles. The third-order valence-corrected chi connectivity index (χ3v) is 5.40. The van der Waals surface area contributed by atoms with Crippen LogP contribution in [0.15, 0.2) is 0 Å².